The summed E-state index contributed by atoms with van der Waals surface area (Å²) in [5.41, 5.74) is 3.06. The monoisotopic (exact) mass is 619 g/mol. The van der Waals surface area contributed by atoms with E-state index in [4.69, 9.17) is 24.3 Å². The minimum atomic E-state index is -0.610. The highest BCUT2D eigenvalue weighted by atomic mass is 32.2. The highest BCUT2D eigenvalue weighted by molar-refractivity contribution is 7.98. The van der Waals surface area contributed by atoms with Crippen LogP contribution in [0.4, 0.5) is 5.95 Å². The van der Waals surface area contributed by atoms with Gasteiger partial charge in [0, 0.05) is 24.5 Å². The van der Waals surface area contributed by atoms with Gasteiger partial charge < -0.3 is 24.4 Å². The molecule has 234 valence electrons. The Hall–Kier alpha value is -3.99. The number of hydrogen-bond acceptors (Lipinski definition) is 9. The van der Waals surface area contributed by atoms with Gasteiger partial charge in [0.1, 0.15) is 12.1 Å². The summed E-state index contributed by atoms with van der Waals surface area (Å²) in [7, 11) is 1.55. The smallest absolute Gasteiger partial charge is 0.338 e. The molecule has 1 fully saturated rings. The Bertz CT molecular complexity index is 1480. The number of carbonyl (C=O) groups is 2. The molecule has 1 aliphatic heterocycles. The second-order valence-electron chi connectivity index (χ2n) is 10.9. The largest absolute Gasteiger partial charge is 0.493 e. The van der Waals surface area contributed by atoms with E-state index in [2.05, 4.69) is 17.4 Å². The van der Waals surface area contributed by atoms with Gasteiger partial charge in [-0.25, -0.2) is 9.48 Å². The summed E-state index contributed by atoms with van der Waals surface area (Å²) in [6, 6.07) is 15.0. The predicted molar refractivity (Wildman–Crippen MR) is 170 cm³/mol. The van der Waals surface area contributed by atoms with Crippen molar-refractivity contribution in [2.45, 2.75) is 75.9 Å². The van der Waals surface area contributed by atoms with Gasteiger partial charge in [-0.2, -0.15) is 4.98 Å². The number of allylic oxidation sites excluding steroid dienone is 1. The SMILES string of the molecule is CCN(CC)C(=O)COc1ccc(C2C(C(=O)OC3CCCCC3)=C(C)Nc3nc(SCc4ccccc4)nn32)cc1OC. The normalized spacial score (nSPS) is 16.6. The number of rotatable bonds is 12. The number of nitrogens with zero attached hydrogens (tertiary/aromatic N) is 4. The van der Waals surface area contributed by atoms with Crippen LogP contribution < -0.4 is 14.8 Å². The molecular weight excluding hydrogens is 578 g/mol. The third-order valence-corrected chi connectivity index (χ3v) is 8.97. The second-order valence-corrected chi connectivity index (χ2v) is 11.9. The number of methoxy groups -OCH3 is 1. The van der Waals surface area contributed by atoms with Crippen molar-refractivity contribution < 1.29 is 23.8 Å². The van der Waals surface area contributed by atoms with Gasteiger partial charge in [-0.3, -0.25) is 4.79 Å². The topological polar surface area (TPSA) is 108 Å². The average molecular weight is 620 g/mol. The number of anilines is 1. The summed E-state index contributed by atoms with van der Waals surface area (Å²) < 4.78 is 19.4. The summed E-state index contributed by atoms with van der Waals surface area (Å²) in [5.74, 6) is 1.68. The fourth-order valence-corrected chi connectivity index (χ4v) is 6.45. The average Bonchev–Trinajstić information content (AvgIpc) is 3.46. The summed E-state index contributed by atoms with van der Waals surface area (Å²) >= 11 is 1.53. The lowest BCUT2D eigenvalue weighted by molar-refractivity contribution is -0.146. The maximum atomic E-state index is 13.8. The first kappa shape index (κ1) is 31.4. The van der Waals surface area contributed by atoms with E-state index in [9.17, 15) is 9.59 Å². The van der Waals surface area contributed by atoms with Crippen LogP contribution in [-0.4, -0.2) is 64.5 Å². The number of benzene rings is 2. The van der Waals surface area contributed by atoms with Gasteiger partial charge in [-0.15, -0.1) is 5.10 Å². The molecule has 2 aromatic carbocycles. The molecule has 1 unspecified atom stereocenters. The Kier molecular flexibility index (Phi) is 10.5. The number of carbonyl (C=O) groups excluding carboxylic acids is 2. The van der Waals surface area contributed by atoms with E-state index in [0.717, 1.165) is 31.2 Å². The van der Waals surface area contributed by atoms with E-state index in [-0.39, 0.29) is 24.6 Å². The molecule has 11 heteroatoms. The van der Waals surface area contributed by atoms with Crippen molar-refractivity contribution in [1.82, 2.24) is 19.7 Å². The lowest BCUT2D eigenvalue weighted by Gasteiger charge is -2.30. The van der Waals surface area contributed by atoms with E-state index in [1.54, 1.807) is 22.8 Å². The van der Waals surface area contributed by atoms with Crippen LogP contribution in [-0.2, 0) is 20.1 Å². The molecule has 10 nitrogen and oxygen atoms in total. The maximum absolute atomic E-state index is 13.8. The van der Waals surface area contributed by atoms with Crippen LogP contribution in [0.5, 0.6) is 11.5 Å². The minimum Gasteiger partial charge on any atom is -0.493 e. The number of nitrogens with one attached hydrogen (secondary N) is 1. The highest BCUT2D eigenvalue weighted by Gasteiger charge is 2.37. The van der Waals surface area contributed by atoms with E-state index in [0.29, 0.717) is 52.7 Å². The standard InChI is InChI=1S/C33H41N5O5S/c1-5-37(6-2)28(39)20-42-26-18-17-24(19-27(26)41-4)30-29(31(40)43-25-15-11-8-12-16-25)22(3)34-32-35-33(36-38(30)32)44-21-23-13-9-7-10-14-23/h7,9-10,13-14,17-19,25,30H,5-6,8,11-12,15-16,20-21H2,1-4H3,(H,34,35,36). The molecule has 0 bridgehead atoms. The van der Waals surface area contributed by atoms with Gasteiger partial charge in [0.05, 0.1) is 12.7 Å². The van der Waals surface area contributed by atoms with Crippen molar-refractivity contribution in [3.8, 4) is 11.5 Å². The van der Waals surface area contributed by atoms with Crippen molar-refractivity contribution in [3.63, 3.8) is 0 Å². The summed E-state index contributed by atoms with van der Waals surface area (Å²) in [6.07, 6.45) is 4.93. The predicted octanol–water partition coefficient (Wildman–Crippen LogP) is 5.99. The quantitative estimate of drug-likeness (QED) is 0.193. The Morgan fingerprint density at radius 2 is 1.80 bits per heavy atom. The fourth-order valence-electron chi connectivity index (χ4n) is 5.67. The number of hydrogen-bond donors (Lipinski definition) is 1. The van der Waals surface area contributed by atoms with Crippen molar-refractivity contribution in [2.24, 2.45) is 0 Å². The Labute approximate surface area is 263 Å². The zero-order valence-corrected chi connectivity index (χ0v) is 26.7. The first-order valence-electron chi connectivity index (χ1n) is 15.3. The van der Waals surface area contributed by atoms with Crippen molar-refractivity contribution >= 4 is 29.6 Å². The third-order valence-electron chi connectivity index (χ3n) is 8.06. The molecule has 1 aliphatic carbocycles. The lowest BCUT2D eigenvalue weighted by Crippen LogP contribution is -2.34. The zero-order chi connectivity index (χ0) is 31.1. The molecule has 3 aromatic rings. The fraction of sp³-hybridized carbons (Fsp3) is 0.455. The van der Waals surface area contributed by atoms with Gasteiger partial charge in [-0.1, -0.05) is 54.6 Å². The Morgan fingerprint density at radius 1 is 1.05 bits per heavy atom. The molecule has 2 aliphatic rings. The van der Waals surface area contributed by atoms with Crippen LogP contribution in [0.3, 0.4) is 0 Å². The van der Waals surface area contributed by atoms with Gasteiger partial charge in [0.25, 0.3) is 5.91 Å². The van der Waals surface area contributed by atoms with Crippen LogP contribution in [0.25, 0.3) is 0 Å². The number of fused-ring (bicyclic) bond motifs is 1. The van der Waals surface area contributed by atoms with Crippen molar-refractivity contribution in [2.75, 3.05) is 32.1 Å². The molecule has 1 N–H and O–H groups in total. The number of thioether (sulfide) groups is 1. The molecule has 2 heterocycles. The number of ether oxygens (including phenoxy) is 3. The molecule has 0 radical (unpaired) electrons. The van der Waals surface area contributed by atoms with Gasteiger partial charge in [0.2, 0.25) is 11.1 Å². The number of aromatic nitrogens is 3. The molecule has 1 atom stereocenters. The highest BCUT2D eigenvalue weighted by Crippen LogP contribution is 2.40. The first-order valence-corrected chi connectivity index (χ1v) is 16.3. The van der Waals surface area contributed by atoms with Crippen LogP contribution >= 0.6 is 11.8 Å². The van der Waals surface area contributed by atoms with Crippen LogP contribution in [0, 0.1) is 0 Å². The van der Waals surface area contributed by atoms with E-state index < -0.39 is 6.04 Å². The van der Waals surface area contributed by atoms with Crippen LogP contribution in [0.1, 0.15) is 70.0 Å². The number of esters is 1. The van der Waals surface area contributed by atoms with Gasteiger partial charge >= 0.3 is 5.97 Å². The molecule has 0 saturated heterocycles. The molecule has 5 rings (SSSR count). The van der Waals surface area contributed by atoms with Gasteiger partial charge in [-0.05, 0) is 69.7 Å². The van der Waals surface area contributed by atoms with Crippen LogP contribution in [0.15, 0.2) is 65.0 Å². The lowest BCUT2D eigenvalue weighted by atomic mass is 9.94. The zero-order valence-electron chi connectivity index (χ0n) is 25.9. The van der Waals surface area contributed by atoms with Crippen LogP contribution in [0.2, 0.25) is 0 Å². The molecule has 44 heavy (non-hydrogen) atoms. The van der Waals surface area contributed by atoms with Gasteiger partial charge in [0.15, 0.2) is 18.1 Å². The molecule has 0 spiro atoms. The molecule has 1 aromatic heterocycles. The number of amides is 1. The second kappa shape index (κ2) is 14.7. The molecule has 1 saturated carbocycles. The summed E-state index contributed by atoms with van der Waals surface area (Å²) in [4.78, 5) is 32.9. The van der Waals surface area contributed by atoms with Crippen molar-refractivity contribution in [1.29, 1.82) is 0 Å². The third kappa shape index (κ3) is 7.20. The Balaban J connectivity index is 1.46. The van der Waals surface area contributed by atoms with Crippen molar-refractivity contribution in [3.05, 3.63) is 70.9 Å². The molecular formula is C33H41N5O5S. The Morgan fingerprint density at radius 3 is 2.50 bits per heavy atom. The van der Waals surface area contributed by atoms with E-state index in [1.807, 2.05) is 51.1 Å². The first-order chi connectivity index (χ1) is 21.4. The minimum absolute atomic E-state index is 0.0972. The summed E-state index contributed by atoms with van der Waals surface area (Å²) in [6.45, 7) is 6.87. The number of likely N-dealkylation sites (N-methyl/N-ethyl adjacent to an activating group) is 1. The van der Waals surface area contributed by atoms with E-state index >= 15 is 0 Å². The maximum Gasteiger partial charge on any atom is 0.338 e. The summed E-state index contributed by atoms with van der Waals surface area (Å²) in [5, 5.41) is 8.75. The van der Waals surface area contributed by atoms with E-state index in [1.165, 1.54) is 23.7 Å². The molecule has 1 amide bonds.